The molecule has 0 N–H and O–H groups in total. The average molecular weight is 474 g/mol. The van der Waals surface area contributed by atoms with Crippen molar-refractivity contribution in [1.29, 1.82) is 0 Å². The lowest BCUT2D eigenvalue weighted by Gasteiger charge is -2.35. The van der Waals surface area contributed by atoms with E-state index in [1.54, 1.807) is 14.2 Å². The van der Waals surface area contributed by atoms with Crippen molar-refractivity contribution in [2.24, 2.45) is 0 Å². The maximum Gasteiger partial charge on any atom is 0.411 e. The van der Waals surface area contributed by atoms with Crippen LogP contribution in [0.15, 0.2) is 18.2 Å². The van der Waals surface area contributed by atoms with Crippen LogP contribution in [0, 0.1) is 0 Å². The highest BCUT2D eigenvalue weighted by atomic mass is 19.4. The normalized spacial score (nSPS) is 20.3. The Morgan fingerprint density at radius 2 is 1.79 bits per heavy atom. The van der Waals surface area contributed by atoms with E-state index in [4.69, 9.17) is 9.47 Å². The highest BCUT2D eigenvalue weighted by Gasteiger charge is 2.33. The summed E-state index contributed by atoms with van der Waals surface area (Å²) in [5.74, 6) is 1.56. The Labute approximate surface area is 193 Å². The summed E-state index contributed by atoms with van der Waals surface area (Å²) in [6.45, 7) is 3.83. The molecule has 1 amide bonds. The minimum Gasteiger partial charge on any atom is -0.497 e. The van der Waals surface area contributed by atoms with Gasteiger partial charge in [-0.3, -0.25) is 9.69 Å². The second-order valence-electron chi connectivity index (χ2n) is 8.49. The van der Waals surface area contributed by atoms with Crippen LogP contribution in [0.1, 0.15) is 30.9 Å². The van der Waals surface area contributed by atoms with Crippen LogP contribution in [0.4, 0.5) is 13.2 Å². The van der Waals surface area contributed by atoms with Gasteiger partial charge in [0, 0.05) is 57.5 Å². The van der Waals surface area contributed by atoms with Gasteiger partial charge in [0.2, 0.25) is 5.91 Å². The Hall–Kier alpha value is -2.04. The van der Waals surface area contributed by atoms with E-state index in [-0.39, 0.29) is 18.6 Å². The number of amides is 1. The zero-order chi connectivity index (χ0) is 23.8. The first-order valence-electron chi connectivity index (χ1n) is 11.4. The number of hydrogen-bond acceptors (Lipinski definition) is 6. The molecule has 1 aromatic carbocycles. The number of rotatable bonds is 10. The van der Waals surface area contributed by atoms with E-state index in [0.29, 0.717) is 19.5 Å². The van der Waals surface area contributed by atoms with Gasteiger partial charge in [-0.1, -0.05) is 0 Å². The third kappa shape index (κ3) is 7.48. The van der Waals surface area contributed by atoms with Crippen molar-refractivity contribution >= 4 is 5.91 Å². The molecule has 0 saturated carbocycles. The summed E-state index contributed by atoms with van der Waals surface area (Å²) >= 11 is 0. The molecule has 2 aliphatic heterocycles. The maximum absolute atomic E-state index is 13.1. The molecule has 0 aromatic heterocycles. The number of nitrogens with zero attached hydrogens (tertiary/aromatic N) is 3. The van der Waals surface area contributed by atoms with E-state index in [9.17, 15) is 18.0 Å². The van der Waals surface area contributed by atoms with Crippen molar-refractivity contribution in [3.63, 3.8) is 0 Å². The molecule has 0 bridgehead atoms. The molecule has 1 unspecified atom stereocenters. The van der Waals surface area contributed by atoms with Crippen LogP contribution in [-0.4, -0.2) is 100 Å². The number of hydrogen-bond donors (Lipinski definition) is 0. The molecule has 1 aromatic rings. The van der Waals surface area contributed by atoms with Crippen molar-refractivity contribution < 1.29 is 32.2 Å². The van der Waals surface area contributed by atoms with Crippen LogP contribution in [-0.2, 0) is 9.53 Å². The largest absolute Gasteiger partial charge is 0.497 e. The van der Waals surface area contributed by atoms with Crippen LogP contribution >= 0.6 is 0 Å². The summed E-state index contributed by atoms with van der Waals surface area (Å²) in [7, 11) is 3.24. The number of piperazine rings is 1. The van der Waals surface area contributed by atoms with Gasteiger partial charge in [-0.15, -0.1) is 0 Å². The molecule has 7 nitrogen and oxygen atoms in total. The summed E-state index contributed by atoms with van der Waals surface area (Å²) in [6, 6.07) is 5.72. The number of ether oxygens (including phenoxy) is 3. The van der Waals surface area contributed by atoms with E-state index >= 15 is 0 Å². The Kier molecular flexibility index (Phi) is 9.22. The van der Waals surface area contributed by atoms with E-state index in [1.807, 2.05) is 23.1 Å². The summed E-state index contributed by atoms with van der Waals surface area (Å²) in [4.78, 5) is 19.4. The smallest absolute Gasteiger partial charge is 0.411 e. The lowest BCUT2D eigenvalue weighted by molar-refractivity contribution is -0.174. The Morgan fingerprint density at radius 3 is 2.45 bits per heavy atom. The third-order valence-electron chi connectivity index (χ3n) is 6.23. The van der Waals surface area contributed by atoms with Gasteiger partial charge in [0.15, 0.2) is 0 Å². The number of likely N-dealkylation sites (tertiary alicyclic amines) is 1. The van der Waals surface area contributed by atoms with Crippen molar-refractivity contribution in [2.45, 2.75) is 31.5 Å². The Bertz CT molecular complexity index is 770. The first-order chi connectivity index (χ1) is 15.8. The van der Waals surface area contributed by atoms with E-state index in [1.165, 1.54) is 0 Å². The molecule has 1 atom stereocenters. The second-order valence-corrected chi connectivity index (χ2v) is 8.49. The van der Waals surface area contributed by atoms with Gasteiger partial charge in [-0.2, -0.15) is 13.2 Å². The summed E-state index contributed by atoms with van der Waals surface area (Å²) in [5.41, 5.74) is 1.00. The molecule has 3 rings (SSSR count). The Balaban J connectivity index is 1.44. The van der Waals surface area contributed by atoms with Gasteiger partial charge < -0.3 is 24.0 Å². The first kappa shape index (κ1) is 25.6. The zero-order valence-electron chi connectivity index (χ0n) is 19.4. The number of carbonyl (C=O) groups is 1. The zero-order valence-corrected chi connectivity index (χ0v) is 19.4. The number of halogens is 3. The molecular weight excluding hydrogens is 439 g/mol. The van der Waals surface area contributed by atoms with Gasteiger partial charge in [0.05, 0.1) is 26.8 Å². The van der Waals surface area contributed by atoms with Crippen molar-refractivity contribution in [1.82, 2.24) is 14.7 Å². The molecule has 0 aliphatic carbocycles. The number of carbonyl (C=O) groups excluding carboxylic acids is 1. The van der Waals surface area contributed by atoms with Crippen LogP contribution in [0.5, 0.6) is 11.5 Å². The topological polar surface area (TPSA) is 54.5 Å². The quantitative estimate of drug-likeness (QED) is 0.487. The SMILES string of the molecule is COc1ccc(C2CCCN2C(=O)CN2CCN(CCCOCC(F)(F)F)CC2)c(OC)c1. The lowest BCUT2D eigenvalue weighted by Crippen LogP contribution is -2.50. The minimum atomic E-state index is -4.27. The monoisotopic (exact) mass is 473 g/mol. The fourth-order valence-electron chi connectivity index (χ4n) is 4.51. The van der Waals surface area contributed by atoms with E-state index in [0.717, 1.165) is 62.6 Å². The molecule has 2 fully saturated rings. The first-order valence-corrected chi connectivity index (χ1v) is 11.4. The van der Waals surface area contributed by atoms with Gasteiger partial charge in [0.1, 0.15) is 18.1 Å². The number of alkyl halides is 3. The van der Waals surface area contributed by atoms with Crippen LogP contribution in [0.3, 0.4) is 0 Å². The highest BCUT2D eigenvalue weighted by Crippen LogP contribution is 2.38. The molecule has 2 heterocycles. The fraction of sp³-hybridized carbons (Fsp3) is 0.696. The van der Waals surface area contributed by atoms with Gasteiger partial charge >= 0.3 is 6.18 Å². The highest BCUT2D eigenvalue weighted by molar-refractivity contribution is 5.79. The Morgan fingerprint density at radius 1 is 1.06 bits per heavy atom. The molecule has 10 heteroatoms. The fourth-order valence-corrected chi connectivity index (χ4v) is 4.51. The summed E-state index contributed by atoms with van der Waals surface area (Å²) in [5, 5.41) is 0. The molecule has 2 saturated heterocycles. The van der Waals surface area contributed by atoms with Gasteiger partial charge in [-0.25, -0.2) is 0 Å². The molecule has 0 spiro atoms. The van der Waals surface area contributed by atoms with Crippen LogP contribution in [0.25, 0.3) is 0 Å². The standard InChI is InChI=1S/C23H34F3N3O4/c1-31-18-6-7-19(21(15-18)32-2)20-5-3-9-29(20)22(30)16-28-12-10-27(11-13-28)8-4-14-33-17-23(24,25)26/h6-7,15,20H,3-5,8-14,16-17H2,1-2H3. The van der Waals surface area contributed by atoms with Crippen molar-refractivity contribution in [3.05, 3.63) is 23.8 Å². The van der Waals surface area contributed by atoms with Crippen LogP contribution in [0.2, 0.25) is 0 Å². The molecule has 0 radical (unpaired) electrons. The molecule has 2 aliphatic rings. The molecule has 186 valence electrons. The average Bonchev–Trinajstić information content (AvgIpc) is 3.28. The lowest BCUT2D eigenvalue weighted by atomic mass is 10.0. The van der Waals surface area contributed by atoms with Gasteiger partial charge in [-0.05, 0) is 31.4 Å². The maximum atomic E-state index is 13.1. The van der Waals surface area contributed by atoms with Crippen LogP contribution < -0.4 is 9.47 Å². The molecule has 33 heavy (non-hydrogen) atoms. The summed E-state index contributed by atoms with van der Waals surface area (Å²) < 4.78 is 51.8. The van der Waals surface area contributed by atoms with Crippen molar-refractivity contribution in [3.8, 4) is 11.5 Å². The summed E-state index contributed by atoms with van der Waals surface area (Å²) in [6.07, 6.45) is -1.85. The minimum absolute atomic E-state index is 0.00339. The number of methoxy groups -OCH3 is 2. The predicted octanol–water partition coefficient (Wildman–Crippen LogP) is 2.95. The van der Waals surface area contributed by atoms with E-state index < -0.39 is 12.8 Å². The third-order valence-corrected chi connectivity index (χ3v) is 6.23. The number of benzene rings is 1. The molecular formula is C23H34F3N3O4. The predicted molar refractivity (Wildman–Crippen MR) is 118 cm³/mol. The van der Waals surface area contributed by atoms with Crippen molar-refractivity contribution in [2.75, 3.05) is 73.2 Å². The van der Waals surface area contributed by atoms with Gasteiger partial charge in [0.25, 0.3) is 0 Å². The van der Waals surface area contributed by atoms with E-state index in [2.05, 4.69) is 14.5 Å². The second kappa shape index (κ2) is 11.9.